The lowest BCUT2D eigenvalue weighted by atomic mass is 9.98. The van der Waals surface area contributed by atoms with Crippen LogP contribution in [0.2, 0.25) is 0 Å². The molecule has 1 aromatic carbocycles. The van der Waals surface area contributed by atoms with Gasteiger partial charge in [0, 0.05) is 12.1 Å². The van der Waals surface area contributed by atoms with E-state index >= 15 is 0 Å². The Bertz CT molecular complexity index is 436. The number of hydrogen-bond donors (Lipinski definition) is 2. The smallest absolute Gasteiger partial charge is 0.312 e. The van der Waals surface area contributed by atoms with Crippen LogP contribution >= 0.6 is 11.8 Å². The van der Waals surface area contributed by atoms with Crippen molar-refractivity contribution in [1.82, 2.24) is 0 Å². The summed E-state index contributed by atoms with van der Waals surface area (Å²) in [5, 5.41) is 9.24. The number of carbonyl (C=O) groups is 1. The largest absolute Gasteiger partial charge is 0.496 e. The Morgan fingerprint density at radius 3 is 2.33 bits per heavy atom. The molecule has 0 aliphatic heterocycles. The first-order valence-electron chi connectivity index (χ1n) is 5.32. The van der Waals surface area contributed by atoms with Crippen molar-refractivity contribution < 1.29 is 19.4 Å². The molecule has 0 spiro atoms. The maximum Gasteiger partial charge on any atom is 0.312 e. The van der Waals surface area contributed by atoms with Crippen molar-refractivity contribution in [3.8, 4) is 11.5 Å². The van der Waals surface area contributed by atoms with Crippen molar-refractivity contribution in [3.63, 3.8) is 0 Å². The Hall–Kier alpha value is -1.40. The first-order chi connectivity index (χ1) is 8.60. The van der Waals surface area contributed by atoms with Gasteiger partial charge in [-0.3, -0.25) is 4.79 Å². The second kappa shape index (κ2) is 6.51. The molecule has 0 aliphatic carbocycles. The fourth-order valence-corrected chi connectivity index (χ4v) is 2.60. The third-order valence-electron chi connectivity index (χ3n) is 2.65. The lowest BCUT2D eigenvalue weighted by molar-refractivity contribution is -0.138. The number of ether oxygens (including phenoxy) is 2. The van der Waals surface area contributed by atoms with Crippen LogP contribution in [0.4, 0.5) is 0 Å². The number of thioether (sulfide) groups is 1. The van der Waals surface area contributed by atoms with Crippen molar-refractivity contribution in [1.29, 1.82) is 0 Å². The third kappa shape index (κ3) is 2.70. The highest BCUT2D eigenvalue weighted by Gasteiger charge is 2.27. The van der Waals surface area contributed by atoms with E-state index in [-0.39, 0.29) is 6.54 Å². The summed E-state index contributed by atoms with van der Waals surface area (Å²) >= 11 is 1.41. The van der Waals surface area contributed by atoms with Crippen molar-refractivity contribution in [2.24, 2.45) is 5.73 Å². The summed E-state index contributed by atoms with van der Waals surface area (Å²) in [4.78, 5) is 12.0. The minimum atomic E-state index is -0.973. The zero-order valence-corrected chi connectivity index (χ0v) is 11.4. The number of carboxylic acids is 1. The Morgan fingerprint density at radius 1 is 1.39 bits per heavy atom. The number of rotatable bonds is 6. The van der Waals surface area contributed by atoms with Gasteiger partial charge in [0.05, 0.1) is 25.0 Å². The third-order valence-corrected chi connectivity index (χ3v) is 3.48. The maximum absolute atomic E-state index is 11.3. The highest BCUT2D eigenvalue weighted by molar-refractivity contribution is 7.98. The van der Waals surface area contributed by atoms with Crippen molar-refractivity contribution in [3.05, 3.63) is 17.7 Å². The first kappa shape index (κ1) is 14.7. The van der Waals surface area contributed by atoms with E-state index in [9.17, 15) is 9.90 Å². The van der Waals surface area contributed by atoms with Gasteiger partial charge in [-0.1, -0.05) is 0 Å². The van der Waals surface area contributed by atoms with Gasteiger partial charge in [-0.2, -0.15) is 0 Å². The van der Waals surface area contributed by atoms with Gasteiger partial charge in [-0.25, -0.2) is 0 Å². The summed E-state index contributed by atoms with van der Waals surface area (Å²) < 4.78 is 10.5. The van der Waals surface area contributed by atoms with Gasteiger partial charge in [-0.05, 0) is 18.4 Å². The zero-order chi connectivity index (χ0) is 13.7. The average molecular weight is 271 g/mol. The molecule has 0 radical (unpaired) electrons. The summed E-state index contributed by atoms with van der Waals surface area (Å²) in [5.74, 6) is -0.646. The second-order valence-electron chi connectivity index (χ2n) is 3.54. The molecule has 1 rings (SSSR count). The second-order valence-corrected chi connectivity index (χ2v) is 4.36. The van der Waals surface area contributed by atoms with E-state index in [4.69, 9.17) is 15.2 Å². The molecule has 6 heteroatoms. The van der Waals surface area contributed by atoms with E-state index in [1.807, 2.05) is 6.26 Å². The Morgan fingerprint density at radius 2 is 1.94 bits per heavy atom. The normalized spacial score (nSPS) is 12.0. The van der Waals surface area contributed by atoms with Crippen molar-refractivity contribution in [2.45, 2.75) is 10.8 Å². The van der Waals surface area contributed by atoms with Crippen LogP contribution in [0.15, 0.2) is 17.0 Å². The van der Waals surface area contributed by atoms with Gasteiger partial charge in [-0.15, -0.1) is 11.8 Å². The number of benzene rings is 1. The molecule has 0 heterocycles. The van der Waals surface area contributed by atoms with E-state index < -0.39 is 11.9 Å². The topological polar surface area (TPSA) is 81.8 Å². The van der Waals surface area contributed by atoms with Crippen LogP contribution in [0.1, 0.15) is 11.5 Å². The number of hydrogen-bond acceptors (Lipinski definition) is 5. The predicted octanol–water partition coefficient (Wildman–Crippen LogP) is 1.55. The minimum absolute atomic E-state index is 0.00637. The zero-order valence-electron chi connectivity index (χ0n) is 10.6. The molecule has 1 atom stereocenters. The molecule has 0 saturated carbocycles. The molecule has 0 saturated heterocycles. The van der Waals surface area contributed by atoms with Gasteiger partial charge in [0.1, 0.15) is 11.5 Å². The molecule has 0 fully saturated rings. The van der Waals surface area contributed by atoms with Gasteiger partial charge in [0.25, 0.3) is 0 Å². The molecular weight excluding hydrogens is 254 g/mol. The van der Waals surface area contributed by atoms with Crippen LogP contribution in [-0.2, 0) is 4.79 Å². The molecule has 1 aromatic rings. The molecule has 0 amide bonds. The molecule has 100 valence electrons. The van der Waals surface area contributed by atoms with E-state index in [0.717, 1.165) is 4.90 Å². The van der Waals surface area contributed by atoms with Crippen molar-refractivity contribution in [2.75, 3.05) is 27.0 Å². The lowest BCUT2D eigenvalue weighted by Gasteiger charge is -2.19. The van der Waals surface area contributed by atoms with E-state index in [0.29, 0.717) is 17.1 Å². The summed E-state index contributed by atoms with van der Waals surface area (Å²) in [5.41, 5.74) is 6.13. The Labute approximate surface area is 110 Å². The predicted molar refractivity (Wildman–Crippen MR) is 70.8 cm³/mol. The molecule has 3 N–H and O–H groups in total. The first-order valence-corrected chi connectivity index (χ1v) is 6.54. The van der Waals surface area contributed by atoms with Crippen LogP contribution in [0.3, 0.4) is 0 Å². The highest BCUT2D eigenvalue weighted by atomic mass is 32.2. The van der Waals surface area contributed by atoms with Gasteiger partial charge >= 0.3 is 5.97 Å². The van der Waals surface area contributed by atoms with Crippen LogP contribution in [0.5, 0.6) is 11.5 Å². The Kier molecular flexibility index (Phi) is 5.30. The van der Waals surface area contributed by atoms with Gasteiger partial charge < -0.3 is 20.3 Å². The summed E-state index contributed by atoms with van der Waals surface area (Å²) in [6.45, 7) is 0.00637. The minimum Gasteiger partial charge on any atom is -0.496 e. The monoisotopic (exact) mass is 271 g/mol. The summed E-state index contributed by atoms with van der Waals surface area (Å²) in [7, 11) is 3.05. The van der Waals surface area contributed by atoms with E-state index in [2.05, 4.69) is 0 Å². The van der Waals surface area contributed by atoms with Gasteiger partial charge in [0.15, 0.2) is 0 Å². The molecule has 1 unspecified atom stereocenters. The fourth-order valence-electron chi connectivity index (χ4n) is 1.78. The molecule has 0 aromatic heterocycles. The number of aliphatic carboxylic acids is 1. The standard InChI is InChI=1S/C12H17NO4S/c1-16-8-4-5-9(17-2)11(18-3)10(8)7(6-13)12(14)15/h4-5,7H,6,13H2,1-3H3,(H,14,15). The maximum atomic E-state index is 11.3. The lowest BCUT2D eigenvalue weighted by Crippen LogP contribution is -2.22. The number of carboxylic acid groups (broad SMARTS) is 1. The average Bonchev–Trinajstić information content (AvgIpc) is 2.38. The SMILES string of the molecule is COc1ccc(OC)c(C(CN)C(=O)O)c1SC. The Balaban J connectivity index is 3.48. The van der Waals surface area contributed by atoms with Crippen LogP contribution < -0.4 is 15.2 Å². The van der Waals surface area contributed by atoms with Crippen LogP contribution in [0.25, 0.3) is 0 Å². The number of nitrogens with two attached hydrogens (primary N) is 1. The van der Waals surface area contributed by atoms with Crippen LogP contribution in [0, 0.1) is 0 Å². The number of methoxy groups -OCH3 is 2. The molecule has 18 heavy (non-hydrogen) atoms. The van der Waals surface area contributed by atoms with E-state index in [1.165, 1.54) is 18.9 Å². The molecule has 0 aliphatic rings. The van der Waals surface area contributed by atoms with E-state index in [1.54, 1.807) is 19.2 Å². The summed E-state index contributed by atoms with van der Waals surface area (Å²) in [6.07, 6.45) is 1.86. The van der Waals surface area contributed by atoms with Gasteiger partial charge in [0.2, 0.25) is 0 Å². The quantitative estimate of drug-likeness (QED) is 0.764. The highest BCUT2D eigenvalue weighted by Crippen LogP contribution is 2.41. The molecule has 0 bridgehead atoms. The summed E-state index contributed by atoms with van der Waals surface area (Å²) in [6, 6.07) is 3.45. The van der Waals surface area contributed by atoms with Crippen LogP contribution in [-0.4, -0.2) is 38.1 Å². The van der Waals surface area contributed by atoms with Crippen molar-refractivity contribution >= 4 is 17.7 Å². The molecular formula is C12H17NO4S. The fraction of sp³-hybridized carbons (Fsp3) is 0.417. The molecule has 5 nitrogen and oxygen atoms in total.